The van der Waals surface area contributed by atoms with E-state index in [1.54, 1.807) is 25.3 Å². The molecule has 3 rings (SSSR count). The molecule has 6 heteroatoms. The van der Waals surface area contributed by atoms with Crippen molar-refractivity contribution in [2.24, 2.45) is 0 Å². The lowest BCUT2D eigenvalue weighted by atomic mass is 10.2. The van der Waals surface area contributed by atoms with Crippen LogP contribution >= 0.6 is 0 Å². The zero-order valence-corrected chi connectivity index (χ0v) is 15.7. The molecule has 0 unspecified atom stereocenters. The lowest BCUT2D eigenvalue weighted by Gasteiger charge is -2.08. The lowest BCUT2D eigenvalue weighted by molar-refractivity contribution is 0.0945. The number of hydrogen-bond donors (Lipinski definition) is 2. The number of rotatable bonds is 6. The maximum atomic E-state index is 12.4. The number of methoxy groups -OCH3 is 1. The number of nitrogens with one attached hydrogen (secondary N) is 2. The molecular formula is C22H21N3O3. The summed E-state index contributed by atoms with van der Waals surface area (Å²) < 4.78 is 5.11. The van der Waals surface area contributed by atoms with E-state index in [0.717, 1.165) is 16.9 Å². The molecule has 2 aromatic carbocycles. The number of aromatic nitrogens is 1. The number of amides is 2. The number of aryl methyl sites for hydroxylation is 1. The number of carbonyl (C=O) groups excluding carboxylic acids is 2. The molecule has 0 fully saturated rings. The van der Waals surface area contributed by atoms with Gasteiger partial charge < -0.3 is 15.4 Å². The van der Waals surface area contributed by atoms with Gasteiger partial charge in [-0.25, -0.2) is 4.98 Å². The Morgan fingerprint density at radius 3 is 2.18 bits per heavy atom. The largest absolute Gasteiger partial charge is 0.497 e. The lowest BCUT2D eigenvalue weighted by Crippen LogP contribution is -2.25. The molecule has 1 heterocycles. The number of anilines is 1. The molecule has 0 saturated heterocycles. The Bertz CT molecular complexity index is 967. The summed E-state index contributed by atoms with van der Waals surface area (Å²) in [6.07, 6.45) is 0. The molecule has 0 spiro atoms. The van der Waals surface area contributed by atoms with Crippen LogP contribution in [0.1, 0.15) is 32.1 Å². The molecule has 1 aromatic heterocycles. The zero-order valence-electron chi connectivity index (χ0n) is 15.7. The van der Waals surface area contributed by atoms with Gasteiger partial charge in [0.2, 0.25) is 0 Å². The molecule has 0 aliphatic rings. The van der Waals surface area contributed by atoms with Crippen LogP contribution in [0.3, 0.4) is 0 Å². The maximum Gasteiger partial charge on any atom is 0.274 e. The normalized spacial score (nSPS) is 10.2. The van der Waals surface area contributed by atoms with E-state index in [9.17, 15) is 9.59 Å². The van der Waals surface area contributed by atoms with Crippen molar-refractivity contribution in [3.8, 4) is 5.75 Å². The monoisotopic (exact) mass is 375 g/mol. The van der Waals surface area contributed by atoms with Gasteiger partial charge in [0.1, 0.15) is 17.1 Å². The molecule has 2 N–H and O–H groups in total. The van der Waals surface area contributed by atoms with Gasteiger partial charge in [0, 0.05) is 12.2 Å². The number of benzene rings is 2. The minimum atomic E-state index is -0.367. The highest BCUT2D eigenvalue weighted by Crippen LogP contribution is 2.12. The van der Waals surface area contributed by atoms with Gasteiger partial charge in [-0.1, -0.05) is 35.9 Å². The van der Waals surface area contributed by atoms with Crippen LogP contribution in [0, 0.1) is 6.92 Å². The minimum absolute atomic E-state index is 0.178. The number of hydrogen-bond acceptors (Lipinski definition) is 4. The summed E-state index contributed by atoms with van der Waals surface area (Å²) in [5.41, 5.74) is 3.07. The molecule has 6 nitrogen and oxygen atoms in total. The van der Waals surface area contributed by atoms with E-state index in [4.69, 9.17) is 4.74 Å². The first-order chi connectivity index (χ1) is 13.5. The van der Waals surface area contributed by atoms with Crippen molar-refractivity contribution in [2.75, 3.05) is 12.4 Å². The quantitative estimate of drug-likeness (QED) is 0.690. The van der Waals surface area contributed by atoms with Crippen LogP contribution in [0.5, 0.6) is 5.75 Å². The van der Waals surface area contributed by atoms with Crippen molar-refractivity contribution in [3.05, 3.63) is 89.2 Å². The number of nitrogens with zero attached hydrogens (tertiary/aromatic N) is 1. The van der Waals surface area contributed by atoms with Crippen LogP contribution in [-0.2, 0) is 6.54 Å². The summed E-state index contributed by atoms with van der Waals surface area (Å²) in [5, 5.41) is 5.58. The van der Waals surface area contributed by atoms with Crippen LogP contribution in [0.4, 0.5) is 5.69 Å². The third kappa shape index (κ3) is 4.94. The highest BCUT2D eigenvalue weighted by atomic mass is 16.5. The third-order valence-electron chi connectivity index (χ3n) is 4.14. The molecule has 0 aliphatic carbocycles. The predicted molar refractivity (Wildman–Crippen MR) is 108 cm³/mol. The first kappa shape index (κ1) is 19.1. The van der Waals surface area contributed by atoms with Crippen molar-refractivity contribution in [2.45, 2.75) is 13.5 Å². The third-order valence-corrected chi connectivity index (χ3v) is 4.14. The second-order valence-corrected chi connectivity index (χ2v) is 6.26. The van der Waals surface area contributed by atoms with E-state index >= 15 is 0 Å². The topological polar surface area (TPSA) is 80.3 Å². The Balaban J connectivity index is 1.63. The SMILES string of the molecule is COc1ccc(CNC(=O)c2cccc(C(=O)Nc3ccc(C)cc3)n2)cc1. The van der Waals surface area contributed by atoms with Gasteiger partial charge in [-0.3, -0.25) is 9.59 Å². The summed E-state index contributed by atoms with van der Waals surface area (Å²) in [7, 11) is 1.60. The van der Waals surface area contributed by atoms with E-state index in [1.165, 1.54) is 0 Å². The van der Waals surface area contributed by atoms with E-state index in [2.05, 4.69) is 15.6 Å². The van der Waals surface area contributed by atoms with Gasteiger partial charge in [-0.2, -0.15) is 0 Å². The Kier molecular flexibility index (Phi) is 6.01. The number of carbonyl (C=O) groups is 2. The minimum Gasteiger partial charge on any atom is -0.497 e. The van der Waals surface area contributed by atoms with Crippen LogP contribution < -0.4 is 15.4 Å². The van der Waals surface area contributed by atoms with Crippen LogP contribution in [0.25, 0.3) is 0 Å². The molecule has 0 atom stereocenters. The average molecular weight is 375 g/mol. The summed E-state index contributed by atoms with van der Waals surface area (Å²) in [6, 6.07) is 19.6. The molecule has 3 aromatic rings. The van der Waals surface area contributed by atoms with Gasteiger partial charge in [0.15, 0.2) is 0 Å². The maximum absolute atomic E-state index is 12.4. The van der Waals surface area contributed by atoms with E-state index in [1.807, 2.05) is 55.5 Å². The molecule has 2 amide bonds. The van der Waals surface area contributed by atoms with Gasteiger partial charge in [0.25, 0.3) is 11.8 Å². The Labute approximate surface area is 163 Å². The van der Waals surface area contributed by atoms with Crippen molar-refractivity contribution >= 4 is 17.5 Å². The van der Waals surface area contributed by atoms with Crippen molar-refractivity contribution in [1.29, 1.82) is 0 Å². The van der Waals surface area contributed by atoms with Crippen molar-refractivity contribution in [1.82, 2.24) is 10.3 Å². The van der Waals surface area contributed by atoms with E-state index in [-0.39, 0.29) is 23.2 Å². The summed E-state index contributed by atoms with van der Waals surface area (Å²) in [5.74, 6) is 0.0403. The Morgan fingerprint density at radius 1 is 0.893 bits per heavy atom. The van der Waals surface area contributed by atoms with Gasteiger partial charge >= 0.3 is 0 Å². The van der Waals surface area contributed by atoms with Crippen LogP contribution in [-0.4, -0.2) is 23.9 Å². The Morgan fingerprint density at radius 2 is 1.54 bits per heavy atom. The summed E-state index contributed by atoms with van der Waals surface area (Å²) in [4.78, 5) is 29.0. The molecule has 0 radical (unpaired) electrons. The molecule has 0 aliphatic heterocycles. The summed E-state index contributed by atoms with van der Waals surface area (Å²) >= 11 is 0. The van der Waals surface area contributed by atoms with E-state index in [0.29, 0.717) is 12.2 Å². The molecule has 142 valence electrons. The highest BCUT2D eigenvalue weighted by Gasteiger charge is 2.12. The fourth-order valence-electron chi connectivity index (χ4n) is 2.54. The van der Waals surface area contributed by atoms with Gasteiger partial charge in [0.05, 0.1) is 7.11 Å². The van der Waals surface area contributed by atoms with Gasteiger partial charge in [-0.05, 0) is 48.9 Å². The van der Waals surface area contributed by atoms with Crippen LogP contribution in [0.15, 0.2) is 66.7 Å². The van der Waals surface area contributed by atoms with Gasteiger partial charge in [-0.15, -0.1) is 0 Å². The van der Waals surface area contributed by atoms with Crippen LogP contribution in [0.2, 0.25) is 0 Å². The Hall–Kier alpha value is -3.67. The molecule has 28 heavy (non-hydrogen) atoms. The number of pyridine rings is 1. The summed E-state index contributed by atoms with van der Waals surface area (Å²) in [6.45, 7) is 2.32. The van der Waals surface area contributed by atoms with Crippen molar-refractivity contribution < 1.29 is 14.3 Å². The standard InChI is InChI=1S/C22H21N3O3/c1-15-6-10-17(11-7-15)24-22(27)20-5-3-4-19(25-20)21(26)23-14-16-8-12-18(28-2)13-9-16/h3-13H,14H2,1-2H3,(H,23,26)(H,24,27). The second-order valence-electron chi connectivity index (χ2n) is 6.26. The molecule has 0 bridgehead atoms. The fourth-order valence-corrected chi connectivity index (χ4v) is 2.54. The van der Waals surface area contributed by atoms with E-state index < -0.39 is 0 Å². The smallest absolute Gasteiger partial charge is 0.274 e. The zero-order chi connectivity index (χ0) is 19.9. The fraction of sp³-hybridized carbons (Fsp3) is 0.136. The predicted octanol–water partition coefficient (Wildman–Crippen LogP) is 3.58. The van der Waals surface area contributed by atoms with Crippen molar-refractivity contribution in [3.63, 3.8) is 0 Å². The average Bonchev–Trinajstić information content (AvgIpc) is 2.74. The molecular weight excluding hydrogens is 354 g/mol. The first-order valence-corrected chi connectivity index (χ1v) is 8.81. The first-order valence-electron chi connectivity index (χ1n) is 8.81. The highest BCUT2D eigenvalue weighted by molar-refractivity contribution is 6.03. The second kappa shape index (κ2) is 8.81. The molecule has 0 saturated carbocycles. The number of ether oxygens (including phenoxy) is 1.